The topological polar surface area (TPSA) is 15.6 Å². The number of fused-ring (bicyclic) bond motifs is 10. The van der Waals surface area contributed by atoms with E-state index in [1.807, 2.05) is 0 Å². The molecule has 2 nitrogen and oxygen atoms in total. The molecule has 2 unspecified atom stereocenters. The molecule has 0 radical (unpaired) electrons. The second kappa shape index (κ2) is 14.5. The molecule has 0 fully saturated rings. The van der Waals surface area contributed by atoms with Crippen molar-refractivity contribution in [3.8, 4) is 11.1 Å². The Morgan fingerprint density at radius 1 is 0.600 bits per heavy atom. The molecule has 0 aromatic heterocycles. The van der Waals surface area contributed by atoms with E-state index in [0.717, 1.165) is 29.0 Å². The van der Waals surface area contributed by atoms with Gasteiger partial charge < -0.3 is 4.90 Å². The van der Waals surface area contributed by atoms with Crippen LogP contribution in [0.4, 0.5) is 5.69 Å². The summed E-state index contributed by atoms with van der Waals surface area (Å²) in [5.41, 5.74) is 13.8. The monoisotopic (exact) mass is 768 g/mol. The summed E-state index contributed by atoms with van der Waals surface area (Å²) in [6, 6.07) is 64.3. The molecule has 2 heteroatoms. The highest BCUT2D eigenvalue weighted by molar-refractivity contribution is 6.25. The first-order chi connectivity index (χ1) is 29.7. The van der Waals surface area contributed by atoms with Gasteiger partial charge >= 0.3 is 0 Å². The average Bonchev–Trinajstić information content (AvgIpc) is 3.84. The first-order valence-corrected chi connectivity index (χ1v) is 21.1. The van der Waals surface area contributed by atoms with Crippen LogP contribution in [0, 0.1) is 0 Å². The Balaban J connectivity index is 1.04. The van der Waals surface area contributed by atoms with Crippen LogP contribution in [-0.4, -0.2) is 5.71 Å². The Labute approximate surface area is 352 Å². The lowest BCUT2D eigenvalue weighted by atomic mass is 9.62. The van der Waals surface area contributed by atoms with Crippen molar-refractivity contribution in [2.24, 2.45) is 4.99 Å². The summed E-state index contributed by atoms with van der Waals surface area (Å²) < 4.78 is 0. The van der Waals surface area contributed by atoms with Gasteiger partial charge in [-0.25, -0.2) is 0 Å². The predicted octanol–water partition coefficient (Wildman–Crippen LogP) is 14.9. The molecule has 0 amide bonds. The highest BCUT2D eigenvalue weighted by atomic mass is 15.2. The lowest BCUT2D eigenvalue weighted by Gasteiger charge is -2.39. The van der Waals surface area contributed by atoms with Gasteiger partial charge in [0.15, 0.2) is 0 Å². The Hall–Kier alpha value is -7.29. The maximum absolute atomic E-state index is 5.62. The van der Waals surface area contributed by atoms with E-state index >= 15 is 0 Å². The van der Waals surface area contributed by atoms with Gasteiger partial charge in [0.1, 0.15) is 0 Å². The number of hydrogen-bond donors (Lipinski definition) is 0. The van der Waals surface area contributed by atoms with Crippen LogP contribution >= 0.6 is 0 Å². The molecule has 286 valence electrons. The third-order valence-electron chi connectivity index (χ3n) is 12.9. The standard InChI is InChI=1S/C58H44N2/c1-3-17-43(4-2)58(44-20-9-6-10-21-44)55-53(59-57(58)41-18-7-5-8-19-41)35-34-51-50-26-15-16-27-54(50)60(56(51)55)37-36-39-28-30-40(31-29-39)42-32-33-49-47-24-12-11-22-45(47)46-23-13-14-25-48(46)52(49)38-42/h3-33,35-38,51H,34H2,1-2H3/b17-3-,37-36?,43-4+. The van der Waals surface area contributed by atoms with E-state index in [9.17, 15) is 0 Å². The maximum atomic E-state index is 5.62. The molecule has 0 saturated heterocycles. The summed E-state index contributed by atoms with van der Waals surface area (Å²) >= 11 is 0. The summed E-state index contributed by atoms with van der Waals surface area (Å²) in [6.45, 7) is 4.28. The van der Waals surface area contributed by atoms with E-state index in [4.69, 9.17) is 4.99 Å². The number of rotatable bonds is 7. The molecular formula is C58H44N2. The molecule has 0 N–H and O–H groups in total. The minimum atomic E-state index is -0.628. The molecule has 8 aromatic rings. The molecule has 3 aliphatic rings. The van der Waals surface area contributed by atoms with Crippen LogP contribution in [0.15, 0.2) is 234 Å². The maximum Gasteiger partial charge on any atom is 0.0915 e. The molecule has 2 aliphatic heterocycles. The zero-order valence-electron chi connectivity index (χ0n) is 33.9. The number of benzene rings is 8. The summed E-state index contributed by atoms with van der Waals surface area (Å²) in [5.74, 6) is 0.199. The summed E-state index contributed by atoms with van der Waals surface area (Å²) in [4.78, 5) is 8.09. The summed E-state index contributed by atoms with van der Waals surface area (Å²) in [7, 11) is 0. The second-order valence-electron chi connectivity index (χ2n) is 16.0. The molecule has 2 atom stereocenters. The second-order valence-corrected chi connectivity index (χ2v) is 16.0. The third kappa shape index (κ3) is 5.44. The summed E-state index contributed by atoms with van der Waals surface area (Å²) in [5, 5.41) is 7.77. The number of nitrogens with zero attached hydrogens (tertiary/aromatic N) is 2. The van der Waals surface area contributed by atoms with Crippen LogP contribution in [0.1, 0.15) is 48.4 Å². The van der Waals surface area contributed by atoms with E-state index in [-0.39, 0.29) is 5.92 Å². The van der Waals surface area contributed by atoms with Gasteiger partial charge in [0.2, 0.25) is 0 Å². The predicted molar refractivity (Wildman–Crippen MR) is 254 cm³/mol. The van der Waals surface area contributed by atoms with E-state index in [2.05, 4.69) is 231 Å². The van der Waals surface area contributed by atoms with Gasteiger partial charge in [0.05, 0.1) is 16.8 Å². The van der Waals surface area contributed by atoms with Gasteiger partial charge in [-0.1, -0.05) is 188 Å². The summed E-state index contributed by atoms with van der Waals surface area (Å²) in [6.07, 6.45) is 14.6. The molecule has 2 heterocycles. The highest BCUT2D eigenvalue weighted by Gasteiger charge is 2.54. The smallest absolute Gasteiger partial charge is 0.0915 e. The van der Waals surface area contributed by atoms with Crippen LogP contribution in [0.3, 0.4) is 0 Å². The normalized spacial score (nSPS) is 18.7. The van der Waals surface area contributed by atoms with Crippen molar-refractivity contribution in [2.75, 3.05) is 4.90 Å². The Bertz CT molecular complexity index is 3140. The van der Waals surface area contributed by atoms with Crippen molar-refractivity contribution in [1.82, 2.24) is 0 Å². The zero-order valence-corrected chi connectivity index (χ0v) is 33.9. The van der Waals surface area contributed by atoms with E-state index < -0.39 is 5.41 Å². The van der Waals surface area contributed by atoms with Crippen molar-refractivity contribution >= 4 is 49.8 Å². The number of hydrogen-bond acceptors (Lipinski definition) is 2. The molecule has 0 saturated carbocycles. The molecule has 8 aromatic carbocycles. The lowest BCUT2D eigenvalue weighted by Crippen LogP contribution is -2.39. The minimum absolute atomic E-state index is 0.199. The van der Waals surface area contributed by atoms with E-state index in [1.165, 1.54) is 77.1 Å². The van der Waals surface area contributed by atoms with Crippen LogP contribution in [0.5, 0.6) is 0 Å². The van der Waals surface area contributed by atoms with Gasteiger partial charge in [-0.05, 0) is 110 Å². The van der Waals surface area contributed by atoms with Crippen molar-refractivity contribution in [1.29, 1.82) is 0 Å². The number of aliphatic imine (C=N–C) groups is 1. The SMILES string of the molecule is C/C=C\C(=C/C)C1(c2ccccc2)C(c2ccccc2)=NC2=CCC3C(=C21)N(C=Cc1ccc(-c2ccc4c5ccccc5c5ccccc5c4c2)cc1)c1ccccc13. The van der Waals surface area contributed by atoms with E-state index in [0.29, 0.717) is 0 Å². The number of para-hydroxylation sites is 1. The van der Waals surface area contributed by atoms with E-state index in [1.54, 1.807) is 0 Å². The first-order valence-electron chi connectivity index (χ1n) is 21.1. The molecule has 11 rings (SSSR count). The van der Waals surface area contributed by atoms with Gasteiger partial charge in [-0.2, -0.15) is 0 Å². The third-order valence-corrected chi connectivity index (χ3v) is 12.9. The molecule has 0 bridgehead atoms. The van der Waals surface area contributed by atoms with Crippen LogP contribution in [0.2, 0.25) is 0 Å². The Morgan fingerprint density at radius 2 is 1.20 bits per heavy atom. The fraction of sp³-hybridized carbons (Fsp3) is 0.0862. The van der Waals surface area contributed by atoms with Gasteiger partial charge in [0, 0.05) is 29.1 Å². The zero-order chi connectivity index (χ0) is 40.2. The van der Waals surface area contributed by atoms with Gasteiger partial charge in [-0.15, -0.1) is 0 Å². The molecule has 0 spiro atoms. The van der Waals surface area contributed by atoms with Gasteiger partial charge in [0.25, 0.3) is 0 Å². The van der Waals surface area contributed by atoms with Crippen molar-refractivity contribution in [3.05, 3.63) is 251 Å². The van der Waals surface area contributed by atoms with Crippen LogP contribution in [-0.2, 0) is 5.41 Å². The molecular weight excluding hydrogens is 725 g/mol. The van der Waals surface area contributed by atoms with Crippen molar-refractivity contribution in [3.63, 3.8) is 0 Å². The number of anilines is 1. The van der Waals surface area contributed by atoms with Crippen molar-refractivity contribution in [2.45, 2.75) is 31.6 Å². The Kier molecular flexibility index (Phi) is 8.67. The quantitative estimate of drug-likeness (QED) is 0.116. The highest BCUT2D eigenvalue weighted by Crippen LogP contribution is 2.59. The average molecular weight is 769 g/mol. The van der Waals surface area contributed by atoms with Crippen LogP contribution < -0.4 is 4.90 Å². The molecule has 1 aliphatic carbocycles. The number of allylic oxidation sites excluding steroid dienone is 7. The fourth-order valence-corrected chi connectivity index (χ4v) is 10.4. The minimum Gasteiger partial charge on any atom is -0.320 e. The van der Waals surface area contributed by atoms with Gasteiger partial charge in [-0.3, -0.25) is 4.99 Å². The van der Waals surface area contributed by atoms with Crippen molar-refractivity contribution < 1.29 is 0 Å². The van der Waals surface area contributed by atoms with Crippen LogP contribution in [0.25, 0.3) is 49.5 Å². The Morgan fingerprint density at radius 3 is 1.88 bits per heavy atom. The fourth-order valence-electron chi connectivity index (χ4n) is 10.4. The lowest BCUT2D eigenvalue weighted by molar-refractivity contribution is 0.738. The molecule has 60 heavy (non-hydrogen) atoms. The first kappa shape index (κ1) is 35.8. The largest absolute Gasteiger partial charge is 0.320 e.